The fraction of sp³-hybridized carbons (Fsp3) is 0.667. The van der Waals surface area contributed by atoms with E-state index in [2.05, 4.69) is 0 Å². The Labute approximate surface area is 163 Å². The Bertz CT molecular complexity index is 844. The van der Waals surface area contributed by atoms with Gasteiger partial charge in [0.05, 0.1) is 19.8 Å². The molecule has 150 valence electrons. The number of esters is 2. The molecule has 0 radical (unpaired) electrons. The van der Waals surface area contributed by atoms with Crippen LogP contribution < -0.4 is 0 Å². The number of fused-ring (bicyclic) bond motifs is 1. The summed E-state index contributed by atoms with van der Waals surface area (Å²) < 4.78 is 37.6. The maximum absolute atomic E-state index is 13.4. The smallest absolute Gasteiger partial charge is 0.348 e. The monoisotopic (exact) mass is 415 g/mol. The van der Waals surface area contributed by atoms with Gasteiger partial charge in [-0.15, -0.1) is 11.3 Å². The highest BCUT2D eigenvalue weighted by atomic mass is 32.2. The lowest BCUT2D eigenvalue weighted by molar-refractivity contribution is 0.0596. The van der Waals surface area contributed by atoms with Gasteiger partial charge in [0, 0.05) is 13.1 Å². The molecule has 0 aromatic carbocycles. The predicted molar refractivity (Wildman–Crippen MR) is 101 cm³/mol. The Morgan fingerprint density at radius 3 is 2.30 bits per heavy atom. The highest BCUT2D eigenvalue weighted by molar-refractivity contribution is 7.91. The van der Waals surface area contributed by atoms with Crippen molar-refractivity contribution in [1.82, 2.24) is 4.31 Å². The van der Waals surface area contributed by atoms with Gasteiger partial charge in [0.25, 0.3) is 10.0 Å². The van der Waals surface area contributed by atoms with Crippen LogP contribution in [-0.4, -0.2) is 52.0 Å². The normalized spacial score (nSPS) is 23.5. The molecule has 1 aromatic rings. The maximum atomic E-state index is 13.4. The highest BCUT2D eigenvalue weighted by Gasteiger charge is 2.40. The molecule has 7 nitrogen and oxygen atoms in total. The van der Waals surface area contributed by atoms with Crippen LogP contribution in [0.4, 0.5) is 0 Å². The molecular weight excluding hydrogens is 390 g/mol. The Hall–Kier alpha value is -1.45. The van der Waals surface area contributed by atoms with E-state index < -0.39 is 22.0 Å². The number of hydrogen-bond donors (Lipinski definition) is 0. The summed E-state index contributed by atoms with van der Waals surface area (Å²) in [6, 6.07) is 0. The second-order valence-corrected chi connectivity index (χ2v) is 10.3. The number of ether oxygens (including phenoxy) is 2. The Balaban J connectivity index is 2.00. The third kappa shape index (κ3) is 3.64. The van der Waals surface area contributed by atoms with Gasteiger partial charge in [-0.1, -0.05) is 19.3 Å². The van der Waals surface area contributed by atoms with E-state index in [1.165, 1.54) is 24.9 Å². The van der Waals surface area contributed by atoms with Gasteiger partial charge >= 0.3 is 11.9 Å². The quantitative estimate of drug-likeness (QED) is 0.703. The number of rotatable bonds is 4. The number of thiophene rings is 1. The van der Waals surface area contributed by atoms with Crippen molar-refractivity contribution in [3.8, 4) is 0 Å². The van der Waals surface area contributed by atoms with Crippen molar-refractivity contribution in [2.24, 2.45) is 11.8 Å². The maximum Gasteiger partial charge on any atom is 0.348 e. The molecule has 27 heavy (non-hydrogen) atoms. The predicted octanol–water partition coefficient (Wildman–Crippen LogP) is 2.83. The molecule has 0 unspecified atom stereocenters. The van der Waals surface area contributed by atoms with Crippen molar-refractivity contribution < 1.29 is 27.5 Å². The molecule has 2 atom stereocenters. The first-order valence-electron chi connectivity index (χ1n) is 9.11. The summed E-state index contributed by atoms with van der Waals surface area (Å²) in [5.41, 5.74) is 0.221. The lowest BCUT2D eigenvalue weighted by atomic mass is 9.76. The van der Waals surface area contributed by atoms with Gasteiger partial charge < -0.3 is 9.47 Å². The minimum absolute atomic E-state index is 0.0614. The van der Waals surface area contributed by atoms with Crippen LogP contribution in [0.3, 0.4) is 0 Å². The fourth-order valence-corrected chi connectivity index (χ4v) is 7.59. The van der Waals surface area contributed by atoms with Crippen LogP contribution in [0.25, 0.3) is 0 Å². The van der Waals surface area contributed by atoms with E-state index in [1.54, 1.807) is 6.92 Å². The number of methoxy groups -OCH3 is 2. The van der Waals surface area contributed by atoms with Crippen LogP contribution in [0, 0.1) is 18.8 Å². The molecule has 3 rings (SSSR count). The van der Waals surface area contributed by atoms with E-state index in [-0.39, 0.29) is 20.2 Å². The Morgan fingerprint density at radius 1 is 1.04 bits per heavy atom. The molecule has 2 heterocycles. The summed E-state index contributed by atoms with van der Waals surface area (Å²) in [6.45, 7) is 2.45. The van der Waals surface area contributed by atoms with Crippen molar-refractivity contribution in [2.75, 3.05) is 27.3 Å². The number of piperidine rings is 1. The van der Waals surface area contributed by atoms with Gasteiger partial charge in [-0.05, 0) is 37.2 Å². The lowest BCUT2D eigenvalue weighted by Crippen LogP contribution is -2.44. The van der Waals surface area contributed by atoms with Crippen LogP contribution in [-0.2, 0) is 19.5 Å². The summed E-state index contributed by atoms with van der Waals surface area (Å²) in [6.07, 6.45) is 5.39. The summed E-state index contributed by atoms with van der Waals surface area (Å²) in [7, 11) is -1.48. The lowest BCUT2D eigenvalue weighted by Gasteiger charge is -2.40. The van der Waals surface area contributed by atoms with E-state index in [1.807, 2.05) is 0 Å². The molecular formula is C18H25NO6S2. The van der Waals surface area contributed by atoms with Crippen LogP contribution in [0.5, 0.6) is 0 Å². The van der Waals surface area contributed by atoms with Crippen molar-refractivity contribution in [3.63, 3.8) is 0 Å². The average Bonchev–Trinajstić information content (AvgIpc) is 3.04. The number of nitrogens with zero attached hydrogens (tertiary/aromatic N) is 1. The average molecular weight is 416 g/mol. The fourth-order valence-electron chi connectivity index (χ4n) is 4.20. The topological polar surface area (TPSA) is 90.0 Å². The zero-order valence-electron chi connectivity index (χ0n) is 15.8. The van der Waals surface area contributed by atoms with Crippen molar-refractivity contribution in [2.45, 2.75) is 43.2 Å². The zero-order valence-corrected chi connectivity index (χ0v) is 17.5. The Morgan fingerprint density at radius 2 is 1.67 bits per heavy atom. The largest absolute Gasteiger partial charge is 0.465 e. The molecule has 0 bridgehead atoms. The molecule has 9 heteroatoms. The number of hydrogen-bond acceptors (Lipinski definition) is 7. The number of carbonyl (C=O) groups is 2. The summed E-state index contributed by atoms with van der Waals surface area (Å²) >= 11 is 0.787. The van der Waals surface area contributed by atoms with Crippen LogP contribution >= 0.6 is 11.3 Å². The SMILES string of the molecule is COC(=O)c1sc(S(=O)(=O)N2CC[C@@H]3CCCC[C@@H]3C2)c(C(=O)OC)c1C. The third-order valence-corrected chi connectivity index (χ3v) is 9.34. The van der Waals surface area contributed by atoms with Gasteiger partial charge in [0.2, 0.25) is 0 Å². The third-order valence-electron chi connectivity index (χ3n) is 5.70. The highest BCUT2D eigenvalue weighted by Crippen LogP contribution is 2.40. The van der Waals surface area contributed by atoms with Crippen LogP contribution in [0.1, 0.15) is 57.7 Å². The second kappa shape index (κ2) is 7.89. The molecule has 0 N–H and O–H groups in total. The molecule has 1 saturated carbocycles. The molecule has 1 aliphatic carbocycles. The summed E-state index contributed by atoms with van der Waals surface area (Å²) in [5, 5.41) is 0. The summed E-state index contributed by atoms with van der Waals surface area (Å²) in [4.78, 5) is 24.4. The molecule has 1 aromatic heterocycles. The van der Waals surface area contributed by atoms with E-state index in [9.17, 15) is 18.0 Å². The van der Waals surface area contributed by atoms with Crippen molar-refractivity contribution in [1.29, 1.82) is 0 Å². The molecule has 0 spiro atoms. The van der Waals surface area contributed by atoms with Gasteiger partial charge in [-0.25, -0.2) is 18.0 Å². The van der Waals surface area contributed by atoms with E-state index in [0.29, 0.717) is 24.9 Å². The number of sulfonamides is 1. The number of carbonyl (C=O) groups excluding carboxylic acids is 2. The first-order chi connectivity index (χ1) is 12.8. The summed E-state index contributed by atoms with van der Waals surface area (Å²) in [5.74, 6) is -0.467. The van der Waals surface area contributed by atoms with Gasteiger partial charge in [-0.2, -0.15) is 4.31 Å². The molecule has 1 aliphatic heterocycles. The molecule has 2 fully saturated rings. The van der Waals surface area contributed by atoms with Gasteiger partial charge in [0.1, 0.15) is 4.88 Å². The van der Waals surface area contributed by atoms with Crippen molar-refractivity contribution in [3.05, 3.63) is 16.0 Å². The van der Waals surface area contributed by atoms with E-state index in [4.69, 9.17) is 9.47 Å². The Kier molecular flexibility index (Phi) is 5.93. The molecule has 0 amide bonds. The van der Waals surface area contributed by atoms with Gasteiger partial charge in [0.15, 0.2) is 4.21 Å². The first kappa shape index (κ1) is 20.3. The minimum atomic E-state index is -3.90. The molecule has 1 saturated heterocycles. The first-order valence-corrected chi connectivity index (χ1v) is 11.4. The minimum Gasteiger partial charge on any atom is -0.465 e. The van der Waals surface area contributed by atoms with Crippen LogP contribution in [0.15, 0.2) is 4.21 Å². The standard InChI is InChI=1S/C18H25NO6S2/c1-11-14(16(20)24-2)18(26-15(11)17(21)25-3)27(22,23)19-9-8-12-6-4-5-7-13(12)10-19/h12-13H,4-10H2,1-3H3/t12-,13+/m0/s1. The second-order valence-electron chi connectivity index (χ2n) is 7.16. The zero-order chi connectivity index (χ0) is 19.8. The van der Waals surface area contributed by atoms with Crippen LogP contribution in [0.2, 0.25) is 0 Å². The van der Waals surface area contributed by atoms with E-state index in [0.717, 1.165) is 37.0 Å². The van der Waals surface area contributed by atoms with E-state index >= 15 is 0 Å². The van der Waals surface area contributed by atoms with Gasteiger partial charge in [-0.3, -0.25) is 0 Å². The van der Waals surface area contributed by atoms with Crippen molar-refractivity contribution >= 4 is 33.3 Å². The molecule has 2 aliphatic rings.